The molecule has 0 bridgehead atoms. The Balaban J connectivity index is 2.43. The van der Waals surface area contributed by atoms with Gasteiger partial charge in [0.1, 0.15) is 5.82 Å². The molecule has 0 aliphatic carbocycles. The maximum Gasteiger partial charge on any atom is 0.358 e. The molecule has 5 nitrogen and oxygen atoms in total. The monoisotopic (exact) mass is 247 g/mol. The molecule has 0 aliphatic rings. The first kappa shape index (κ1) is 12.0. The largest absolute Gasteiger partial charge is 0.464 e. The first-order valence-electron chi connectivity index (χ1n) is 5.06. The van der Waals surface area contributed by atoms with E-state index in [1.165, 1.54) is 31.6 Å². The summed E-state index contributed by atoms with van der Waals surface area (Å²) in [6, 6.07) is 2.83. The van der Waals surface area contributed by atoms with Gasteiger partial charge in [0.05, 0.1) is 19.0 Å². The third-order valence-electron chi connectivity index (χ3n) is 2.33. The van der Waals surface area contributed by atoms with Crippen molar-refractivity contribution in [3.8, 4) is 11.1 Å². The van der Waals surface area contributed by atoms with Gasteiger partial charge in [0.2, 0.25) is 0 Å². The summed E-state index contributed by atoms with van der Waals surface area (Å²) >= 11 is 0. The van der Waals surface area contributed by atoms with Gasteiger partial charge >= 0.3 is 5.97 Å². The molecule has 0 amide bonds. The molecule has 2 heterocycles. The number of rotatable bonds is 2. The molecule has 0 atom stereocenters. The minimum absolute atomic E-state index is 0.0330. The lowest BCUT2D eigenvalue weighted by molar-refractivity contribution is 0.0595. The third-order valence-corrected chi connectivity index (χ3v) is 2.33. The van der Waals surface area contributed by atoms with Crippen LogP contribution in [0.5, 0.6) is 0 Å². The van der Waals surface area contributed by atoms with E-state index < -0.39 is 11.8 Å². The number of esters is 1. The molecule has 6 heteroatoms. The number of carbonyl (C=O) groups is 1. The summed E-state index contributed by atoms with van der Waals surface area (Å²) < 4.78 is 17.6. The van der Waals surface area contributed by atoms with Crippen molar-refractivity contribution in [2.45, 2.75) is 0 Å². The van der Waals surface area contributed by atoms with E-state index in [4.69, 9.17) is 5.73 Å². The highest BCUT2D eigenvalue weighted by Crippen LogP contribution is 2.22. The van der Waals surface area contributed by atoms with Gasteiger partial charge in [-0.25, -0.2) is 14.2 Å². The minimum Gasteiger partial charge on any atom is -0.464 e. The first-order valence-corrected chi connectivity index (χ1v) is 5.06. The van der Waals surface area contributed by atoms with E-state index in [1.54, 1.807) is 0 Å². The summed E-state index contributed by atoms with van der Waals surface area (Å²) in [5, 5.41) is 0. The van der Waals surface area contributed by atoms with Crippen LogP contribution < -0.4 is 5.73 Å². The van der Waals surface area contributed by atoms with E-state index >= 15 is 0 Å². The van der Waals surface area contributed by atoms with Gasteiger partial charge in [-0.2, -0.15) is 0 Å². The zero-order valence-electron chi connectivity index (χ0n) is 9.55. The fraction of sp³-hybridized carbons (Fsp3) is 0.0833. The number of anilines is 1. The van der Waals surface area contributed by atoms with E-state index in [-0.39, 0.29) is 11.4 Å². The van der Waals surface area contributed by atoms with Crippen molar-refractivity contribution in [3.05, 3.63) is 42.2 Å². The molecule has 0 radical (unpaired) electrons. The van der Waals surface area contributed by atoms with Crippen LogP contribution >= 0.6 is 0 Å². The van der Waals surface area contributed by atoms with Crippen molar-refractivity contribution in [3.63, 3.8) is 0 Å². The van der Waals surface area contributed by atoms with Gasteiger partial charge < -0.3 is 10.5 Å². The Labute approximate surface area is 102 Å². The Kier molecular flexibility index (Phi) is 3.18. The van der Waals surface area contributed by atoms with Crippen LogP contribution in [-0.2, 0) is 4.74 Å². The van der Waals surface area contributed by atoms with E-state index in [0.29, 0.717) is 11.1 Å². The van der Waals surface area contributed by atoms with Gasteiger partial charge in [0, 0.05) is 23.5 Å². The molecule has 0 aromatic carbocycles. The molecule has 0 aliphatic heterocycles. The Hall–Kier alpha value is -2.50. The number of hydrogen-bond acceptors (Lipinski definition) is 5. The number of methoxy groups -OCH3 is 1. The van der Waals surface area contributed by atoms with Crippen LogP contribution in [-0.4, -0.2) is 23.0 Å². The van der Waals surface area contributed by atoms with Crippen molar-refractivity contribution in [2.75, 3.05) is 12.8 Å². The molecule has 2 aromatic heterocycles. The fourth-order valence-electron chi connectivity index (χ4n) is 1.48. The summed E-state index contributed by atoms with van der Waals surface area (Å²) in [5.41, 5.74) is 7.01. The Morgan fingerprint density at radius 2 is 2.00 bits per heavy atom. The number of nitrogen functional groups attached to an aromatic ring is 1. The molecule has 0 fully saturated rings. The fourth-order valence-corrected chi connectivity index (χ4v) is 1.48. The highest BCUT2D eigenvalue weighted by Gasteiger charge is 2.12. The lowest BCUT2D eigenvalue weighted by Gasteiger charge is -2.05. The van der Waals surface area contributed by atoms with Gasteiger partial charge in [-0.15, -0.1) is 0 Å². The molecular weight excluding hydrogens is 237 g/mol. The number of ether oxygens (including phenoxy) is 1. The van der Waals surface area contributed by atoms with E-state index in [2.05, 4.69) is 14.7 Å². The highest BCUT2D eigenvalue weighted by atomic mass is 19.1. The zero-order valence-corrected chi connectivity index (χ0v) is 9.55. The van der Waals surface area contributed by atoms with Crippen LogP contribution in [0.4, 0.5) is 10.1 Å². The van der Waals surface area contributed by atoms with Gasteiger partial charge in [-0.3, -0.25) is 4.98 Å². The number of pyridine rings is 2. The Morgan fingerprint density at radius 3 is 2.61 bits per heavy atom. The van der Waals surface area contributed by atoms with Crippen LogP contribution in [0.3, 0.4) is 0 Å². The number of hydrogen-bond donors (Lipinski definition) is 1. The van der Waals surface area contributed by atoms with Crippen molar-refractivity contribution >= 4 is 11.7 Å². The number of nitrogens with two attached hydrogens (primary N) is 1. The van der Waals surface area contributed by atoms with Crippen LogP contribution in [0.25, 0.3) is 11.1 Å². The molecule has 0 saturated heterocycles. The zero-order chi connectivity index (χ0) is 13.1. The molecule has 0 unspecified atom stereocenters. The maximum absolute atomic E-state index is 13.0. The van der Waals surface area contributed by atoms with Crippen LogP contribution in [0.15, 0.2) is 30.7 Å². The molecule has 0 saturated carbocycles. The number of halogens is 1. The van der Waals surface area contributed by atoms with Gasteiger partial charge in [-0.05, 0) is 12.1 Å². The third kappa shape index (κ3) is 2.27. The van der Waals surface area contributed by atoms with Crippen molar-refractivity contribution in [1.82, 2.24) is 9.97 Å². The molecule has 2 rings (SSSR count). The average molecular weight is 247 g/mol. The summed E-state index contributed by atoms with van der Waals surface area (Å²) in [4.78, 5) is 18.9. The number of carbonyl (C=O) groups excluding carboxylic acids is 1. The predicted molar refractivity (Wildman–Crippen MR) is 63.2 cm³/mol. The molecule has 92 valence electrons. The summed E-state index contributed by atoms with van der Waals surface area (Å²) in [5.74, 6) is -1.07. The van der Waals surface area contributed by atoms with E-state index in [0.717, 1.165) is 6.20 Å². The maximum atomic E-state index is 13.0. The topological polar surface area (TPSA) is 78.1 Å². The highest BCUT2D eigenvalue weighted by molar-refractivity contribution is 5.93. The van der Waals surface area contributed by atoms with Crippen molar-refractivity contribution in [2.24, 2.45) is 0 Å². The van der Waals surface area contributed by atoms with E-state index in [1.807, 2.05) is 0 Å². The van der Waals surface area contributed by atoms with Gasteiger partial charge in [-0.1, -0.05) is 0 Å². The lowest BCUT2D eigenvalue weighted by atomic mass is 10.1. The normalized spacial score (nSPS) is 10.1. The van der Waals surface area contributed by atoms with Crippen molar-refractivity contribution in [1.29, 1.82) is 0 Å². The average Bonchev–Trinajstić information content (AvgIpc) is 2.37. The second-order valence-corrected chi connectivity index (χ2v) is 3.55. The smallest absolute Gasteiger partial charge is 0.358 e. The summed E-state index contributed by atoms with van der Waals surface area (Å²) in [6.45, 7) is 0. The molecule has 18 heavy (non-hydrogen) atoms. The van der Waals surface area contributed by atoms with Gasteiger partial charge in [0.25, 0.3) is 0 Å². The molecular formula is C12H10FN3O2. The number of aromatic nitrogens is 2. The minimum atomic E-state index is -0.614. The van der Waals surface area contributed by atoms with Crippen LogP contribution in [0.2, 0.25) is 0 Å². The van der Waals surface area contributed by atoms with Crippen molar-refractivity contribution < 1.29 is 13.9 Å². The molecule has 2 aromatic rings. The quantitative estimate of drug-likeness (QED) is 0.816. The molecule has 2 N–H and O–H groups in total. The van der Waals surface area contributed by atoms with Crippen LogP contribution in [0.1, 0.15) is 10.5 Å². The van der Waals surface area contributed by atoms with Crippen LogP contribution in [0, 0.1) is 5.82 Å². The predicted octanol–water partition coefficient (Wildman–Crippen LogP) is 1.65. The van der Waals surface area contributed by atoms with Gasteiger partial charge in [0.15, 0.2) is 5.69 Å². The second-order valence-electron chi connectivity index (χ2n) is 3.55. The molecule has 0 spiro atoms. The standard InChI is InChI=1S/C12H10FN3O2/c1-18-12(17)11-10(14)3-8(5-16-11)7-2-9(13)6-15-4-7/h2-6H,14H2,1H3. The summed E-state index contributed by atoms with van der Waals surface area (Å²) in [6.07, 6.45) is 4.00. The Morgan fingerprint density at radius 1 is 1.28 bits per heavy atom. The Bertz CT molecular complexity index is 602. The lowest BCUT2D eigenvalue weighted by Crippen LogP contribution is -2.08. The number of nitrogens with zero attached hydrogens (tertiary/aromatic N) is 2. The first-order chi connectivity index (χ1) is 8.61. The summed E-state index contributed by atoms with van der Waals surface area (Å²) in [7, 11) is 1.24. The van der Waals surface area contributed by atoms with E-state index in [9.17, 15) is 9.18 Å². The SMILES string of the molecule is COC(=O)c1ncc(-c2cncc(F)c2)cc1N. The second kappa shape index (κ2) is 4.79.